The summed E-state index contributed by atoms with van der Waals surface area (Å²) < 4.78 is 0. The predicted molar refractivity (Wildman–Crippen MR) is 87.1 cm³/mol. The van der Waals surface area contributed by atoms with Crippen molar-refractivity contribution in [1.29, 1.82) is 0 Å². The summed E-state index contributed by atoms with van der Waals surface area (Å²) in [4.78, 5) is 4.84. The highest BCUT2D eigenvalue weighted by Gasteiger charge is 2.27. The van der Waals surface area contributed by atoms with Crippen LogP contribution in [0.1, 0.15) is 16.5 Å². The van der Waals surface area contributed by atoms with Gasteiger partial charge in [0.15, 0.2) is 0 Å². The van der Waals surface area contributed by atoms with E-state index in [2.05, 4.69) is 17.1 Å². The number of H-pyrrole nitrogens is 1. The lowest BCUT2D eigenvalue weighted by molar-refractivity contribution is 0.920. The van der Waals surface area contributed by atoms with Crippen LogP contribution in [-0.4, -0.2) is 4.98 Å². The molecule has 1 aromatic heterocycles. The van der Waals surface area contributed by atoms with E-state index in [1.807, 2.05) is 42.1 Å². The predicted octanol–water partition coefficient (Wildman–Crippen LogP) is 5.86. The maximum atomic E-state index is 6.11. The second-order valence-electron chi connectivity index (χ2n) is 4.98. The molecule has 1 N–H and O–H groups in total. The van der Waals surface area contributed by atoms with Crippen LogP contribution < -0.4 is 0 Å². The zero-order chi connectivity index (χ0) is 13.7. The Hall–Kier alpha value is -1.09. The first-order valence-corrected chi connectivity index (χ1v) is 8.06. The standard InChI is InChI=1S/C16H11Cl2NS/c17-10-3-1-9(2-4-10)15-8-14-16(20-15)12-7-11(18)5-6-13(12)19-14/h1-7,15,19H,8H2. The minimum Gasteiger partial charge on any atom is -0.357 e. The van der Waals surface area contributed by atoms with Crippen LogP contribution in [0.25, 0.3) is 10.9 Å². The average Bonchev–Trinajstić information content (AvgIpc) is 2.98. The van der Waals surface area contributed by atoms with E-state index in [9.17, 15) is 0 Å². The first kappa shape index (κ1) is 12.6. The number of aromatic nitrogens is 1. The van der Waals surface area contributed by atoms with Crippen molar-refractivity contribution in [1.82, 2.24) is 4.98 Å². The van der Waals surface area contributed by atoms with Crippen LogP contribution in [0.5, 0.6) is 0 Å². The number of fused-ring (bicyclic) bond motifs is 3. The smallest absolute Gasteiger partial charge is 0.0468 e. The topological polar surface area (TPSA) is 15.8 Å². The van der Waals surface area contributed by atoms with Gasteiger partial charge in [-0.1, -0.05) is 35.3 Å². The molecule has 20 heavy (non-hydrogen) atoms. The third kappa shape index (κ3) is 2.03. The third-order valence-electron chi connectivity index (χ3n) is 3.68. The molecular formula is C16H11Cl2NS. The lowest BCUT2D eigenvalue weighted by Gasteiger charge is -2.09. The normalized spacial score (nSPS) is 17.6. The Morgan fingerprint density at radius 2 is 1.75 bits per heavy atom. The summed E-state index contributed by atoms with van der Waals surface area (Å²) in [6.45, 7) is 0. The van der Waals surface area contributed by atoms with Gasteiger partial charge in [-0.2, -0.15) is 0 Å². The summed E-state index contributed by atoms with van der Waals surface area (Å²) in [5, 5.41) is 3.26. The molecule has 0 bridgehead atoms. The molecule has 0 spiro atoms. The first-order valence-electron chi connectivity index (χ1n) is 6.43. The summed E-state index contributed by atoms with van der Waals surface area (Å²) in [5.41, 5.74) is 3.80. The van der Waals surface area contributed by atoms with E-state index < -0.39 is 0 Å². The van der Waals surface area contributed by atoms with Gasteiger partial charge >= 0.3 is 0 Å². The number of aromatic amines is 1. The molecule has 2 aromatic carbocycles. The minimum atomic E-state index is 0.455. The van der Waals surface area contributed by atoms with Crippen molar-refractivity contribution in [2.45, 2.75) is 16.6 Å². The molecule has 100 valence electrons. The Labute approximate surface area is 131 Å². The van der Waals surface area contributed by atoms with Gasteiger partial charge in [-0.05, 0) is 35.9 Å². The molecule has 0 amide bonds. The molecule has 3 aromatic rings. The second kappa shape index (κ2) is 4.73. The fraction of sp³-hybridized carbons (Fsp3) is 0.125. The summed E-state index contributed by atoms with van der Waals surface area (Å²) in [7, 11) is 0. The van der Waals surface area contributed by atoms with Gasteiger partial charge in [-0.3, -0.25) is 0 Å². The fourth-order valence-electron chi connectivity index (χ4n) is 2.71. The van der Waals surface area contributed by atoms with Crippen molar-refractivity contribution in [3.63, 3.8) is 0 Å². The van der Waals surface area contributed by atoms with Crippen LogP contribution in [0, 0.1) is 0 Å². The summed E-state index contributed by atoms with van der Waals surface area (Å²) in [6.07, 6.45) is 1.02. The first-order chi connectivity index (χ1) is 9.70. The van der Waals surface area contributed by atoms with Crippen molar-refractivity contribution in [2.75, 3.05) is 0 Å². The molecule has 1 aliphatic rings. The Kier molecular flexibility index (Phi) is 2.99. The van der Waals surface area contributed by atoms with E-state index in [1.54, 1.807) is 0 Å². The summed E-state index contributed by atoms with van der Waals surface area (Å²) in [5.74, 6) is 0. The van der Waals surface area contributed by atoms with Crippen molar-refractivity contribution in [3.05, 3.63) is 63.8 Å². The van der Waals surface area contributed by atoms with Crippen LogP contribution in [0.3, 0.4) is 0 Å². The number of benzene rings is 2. The highest BCUT2D eigenvalue weighted by Crippen LogP contribution is 2.49. The molecule has 0 fully saturated rings. The zero-order valence-corrected chi connectivity index (χ0v) is 12.8. The van der Waals surface area contributed by atoms with Crippen LogP contribution in [0.2, 0.25) is 10.0 Å². The van der Waals surface area contributed by atoms with Crippen molar-refractivity contribution >= 4 is 45.9 Å². The van der Waals surface area contributed by atoms with E-state index in [4.69, 9.17) is 23.2 Å². The largest absolute Gasteiger partial charge is 0.357 e. The van der Waals surface area contributed by atoms with Crippen molar-refractivity contribution < 1.29 is 0 Å². The molecule has 4 heteroatoms. The van der Waals surface area contributed by atoms with E-state index in [0.29, 0.717) is 5.25 Å². The number of rotatable bonds is 1. The van der Waals surface area contributed by atoms with E-state index in [-0.39, 0.29) is 0 Å². The number of halogens is 2. The lowest BCUT2D eigenvalue weighted by Crippen LogP contribution is -1.92. The Bertz CT molecular complexity index is 792. The van der Waals surface area contributed by atoms with Gasteiger partial charge in [0, 0.05) is 43.2 Å². The second-order valence-corrected chi connectivity index (χ2v) is 7.07. The summed E-state index contributed by atoms with van der Waals surface area (Å²) in [6, 6.07) is 14.2. The van der Waals surface area contributed by atoms with Gasteiger partial charge in [0.2, 0.25) is 0 Å². The quantitative estimate of drug-likeness (QED) is 0.593. The molecule has 2 heterocycles. The molecular weight excluding hydrogens is 309 g/mol. The van der Waals surface area contributed by atoms with Crippen LogP contribution in [0.15, 0.2) is 47.4 Å². The maximum Gasteiger partial charge on any atom is 0.0468 e. The number of nitrogens with one attached hydrogen (secondary N) is 1. The molecule has 4 rings (SSSR count). The summed E-state index contributed by atoms with van der Waals surface area (Å²) >= 11 is 14.0. The van der Waals surface area contributed by atoms with Gasteiger partial charge in [0.1, 0.15) is 0 Å². The Balaban J connectivity index is 1.73. The van der Waals surface area contributed by atoms with E-state index >= 15 is 0 Å². The Morgan fingerprint density at radius 3 is 2.55 bits per heavy atom. The minimum absolute atomic E-state index is 0.455. The van der Waals surface area contributed by atoms with Crippen LogP contribution in [-0.2, 0) is 6.42 Å². The monoisotopic (exact) mass is 319 g/mol. The maximum absolute atomic E-state index is 6.11. The van der Waals surface area contributed by atoms with E-state index in [0.717, 1.165) is 16.5 Å². The van der Waals surface area contributed by atoms with Gasteiger partial charge in [0.25, 0.3) is 0 Å². The number of hydrogen-bond acceptors (Lipinski definition) is 1. The average molecular weight is 320 g/mol. The molecule has 0 aliphatic carbocycles. The third-order valence-corrected chi connectivity index (χ3v) is 5.59. The zero-order valence-electron chi connectivity index (χ0n) is 10.5. The molecule has 1 atom stereocenters. The fourth-order valence-corrected chi connectivity index (χ4v) is 4.40. The SMILES string of the molecule is Clc1ccc(C2Cc3[nH]c4ccc(Cl)cc4c3S2)cc1. The molecule has 0 saturated carbocycles. The Morgan fingerprint density at radius 1 is 1.00 bits per heavy atom. The van der Waals surface area contributed by atoms with Gasteiger partial charge in [0.05, 0.1) is 0 Å². The van der Waals surface area contributed by atoms with Crippen molar-refractivity contribution in [3.8, 4) is 0 Å². The van der Waals surface area contributed by atoms with Gasteiger partial charge in [-0.25, -0.2) is 0 Å². The molecule has 0 radical (unpaired) electrons. The highest BCUT2D eigenvalue weighted by molar-refractivity contribution is 8.00. The molecule has 1 nitrogen and oxygen atoms in total. The lowest BCUT2D eigenvalue weighted by atomic mass is 10.1. The molecule has 1 aliphatic heterocycles. The molecule has 1 unspecified atom stereocenters. The van der Waals surface area contributed by atoms with Gasteiger partial charge in [-0.15, -0.1) is 11.8 Å². The molecule has 0 saturated heterocycles. The van der Waals surface area contributed by atoms with Crippen LogP contribution in [0.4, 0.5) is 0 Å². The van der Waals surface area contributed by atoms with Crippen molar-refractivity contribution in [2.24, 2.45) is 0 Å². The number of hydrogen-bond donors (Lipinski definition) is 1. The van der Waals surface area contributed by atoms with Gasteiger partial charge < -0.3 is 4.98 Å². The number of thioether (sulfide) groups is 1. The van der Waals surface area contributed by atoms with E-state index in [1.165, 1.54) is 27.1 Å². The highest BCUT2D eigenvalue weighted by atomic mass is 35.5. The van der Waals surface area contributed by atoms with Crippen LogP contribution >= 0.6 is 35.0 Å².